The fourth-order valence-corrected chi connectivity index (χ4v) is 1.76. The number of nitrogen functional groups attached to an aromatic ring is 1. The molecule has 1 heterocycles. The van der Waals surface area contributed by atoms with E-state index in [0.717, 1.165) is 16.8 Å². The van der Waals surface area contributed by atoms with E-state index in [1.165, 1.54) is 12.3 Å². The van der Waals surface area contributed by atoms with E-state index in [1.807, 2.05) is 32.0 Å². The van der Waals surface area contributed by atoms with Gasteiger partial charge in [-0.2, -0.15) is 0 Å². The van der Waals surface area contributed by atoms with Crippen LogP contribution in [0.5, 0.6) is 0 Å². The fraction of sp³-hybridized carbons (Fsp3) is 0.143. The first-order valence-electron chi connectivity index (χ1n) is 5.81. The molecular formula is C14H15N3O2. The number of carbonyl (C=O) groups is 1. The monoisotopic (exact) mass is 257 g/mol. The number of pyridine rings is 1. The van der Waals surface area contributed by atoms with Crippen LogP contribution in [0.4, 0.5) is 17.2 Å². The van der Waals surface area contributed by atoms with Gasteiger partial charge in [-0.1, -0.05) is 12.1 Å². The van der Waals surface area contributed by atoms with E-state index >= 15 is 0 Å². The highest BCUT2D eigenvalue weighted by molar-refractivity contribution is 5.95. The molecule has 0 spiro atoms. The first-order chi connectivity index (χ1) is 8.99. The van der Waals surface area contributed by atoms with Crippen molar-refractivity contribution < 1.29 is 9.90 Å². The summed E-state index contributed by atoms with van der Waals surface area (Å²) in [6, 6.07) is 7.17. The normalized spacial score (nSPS) is 10.2. The number of nitrogens with two attached hydrogens (primary N) is 1. The molecule has 0 aliphatic heterocycles. The van der Waals surface area contributed by atoms with Crippen LogP contribution < -0.4 is 11.1 Å². The van der Waals surface area contributed by atoms with Crippen LogP contribution in [-0.2, 0) is 0 Å². The molecule has 0 aliphatic carbocycles. The SMILES string of the molecule is Cc1cccc(Nc2ncc(N)cc2C(=O)O)c1C. The molecule has 0 radical (unpaired) electrons. The molecule has 0 aliphatic rings. The van der Waals surface area contributed by atoms with Crippen molar-refractivity contribution in [1.82, 2.24) is 4.98 Å². The number of carboxylic acid groups (broad SMARTS) is 1. The molecule has 1 aromatic heterocycles. The van der Waals surface area contributed by atoms with Gasteiger partial charge >= 0.3 is 5.97 Å². The van der Waals surface area contributed by atoms with E-state index in [2.05, 4.69) is 10.3 Å². The van der Waals surface area contributed by atoms with Crippen LogP contribution in [0.25, 0.3) is 0 Å². The van der Waals surface area contributed by atoms with E-state index in [0.29, 0.717) is 5.69 Å². The Morgan fingerprint density at radius 3 is 2.79 bits per heavy atom. The van der Waals surface area contributed by atoms with Crippen LogP contribution in [0.2, 0.25) is 0 Å². The van der Waals surface area contributed by atoms with E-state index < -0.39 is 5.97 Å². The van der Waals surface area contributed by atoms with Gasteiger partial charge in [-0.25, -0.2) is 9.78 Å². The average Bonchev–Trinajstić information content (AvgIpc) is 2.36. The average molecular weight is 257 g/mol. The van der Waals surface area contributed by atoms with Crippen molar-refractivity contribution in [2.45, 2.75) is 13.8 Å². The molecular weight excluding hydrogens is 242 g/mol. The number of nitrogens with zero attached hydrogens (tertiary/aromatic N) is 1. The third kappa shape index (κ3) is 2.65. The third-order valence-electron chi connectivity index (χ3n) is 3.00. The minimum atomic E-state index is -1.06. The number of rotatable bonds is 3. The second-order valence-electron chi connectivity index (χ2n) is 4.34. The van der Waals surface area contributed by atoms with Crippen LogP contribution >= 0.6 is 0 Å². The minimum Gasteiger partial charge on any atom is -0.478 e. The largest absolute Gasteiger partial charge is 0.478 e. The fourth-order valence-electron chi connectivity index (χ4n) is 1.76. The number of aromatic nitrogens is 1. The summed E-state index contributed by atoms with van der Waals surface area (Å²) in [5.41, 5.74) is 8.95. The van der Waals surface area contributed by atoms with Gasteiger partial charge in [-0.15, -0.1) is 0 Å². The molecule has 98 valence electrons. The predicted molar refractivity (Wildman–Crippen MR) is 74.8 cm³/mol. The van der Waals surface area contributed by atoms with Gasteiger partial charge in [0.1, 0.15) is 11.4 Å². The van der Waals surface area contributed by atoms with Crippen molar-refractivity contribution in [3.05, 3.63) is 47.2 Å². The molecule has 0 bridgehead atoms. The second-order valence-corrected chi connectivity index (χ2v) is 4.34. The summed E-state index contributed by atoms with van der Waals surface area (Å²) in [4.78, 5) is 15.2. The Morgan fingerprint density at radius 2 is 2.11 bits per heavy atom. The molecule has 1 aromatic carbocycles. The lowest BCUT2D eigenvalue weighted by Gasteiger charge is -2.12. The topological polar surface area (TPSA) is 88.2 Å². The van der Waals surface area contributed by atoms with E-state index in [1.54, 1.807) is 0 Å². The van der Waals surface area contributed by atoms with Gasteiger partial charge in [-0.05, 0) is 37.1 Å². The van der Waals surface area contributed by atoms with Gasteiger partial charge in [0, 0.05) is 5.69 Å². The molecule has 2 rings (SSSR count). The van der Waals surface area contributed by atoms with Gasteiger partial charge < -0.3 is 16.2 Å². The lowest BCUT2D eigenvalue weighted by atomic mass is 10.1. The van der Waals surface area contributed by atoms with Crippen molar-refractivity contribution in [1.29, 1.82) is 0 Å². The van der Waals surface area contributed by atoms with Crippen molar-refractivity contribution in [3.63, 3.8) is 0 Å². The summed E-state index contributed by atoms with van der Waals surface area (Å²) >= 11 is 0. The standard InChI is InChI=1S/C14H15N3O2/c1-8-4-3-5-12(9(8)2)17-13-11(14(18)19)6-10(15)7-16-13/h3-7H,15H2,1-2H3,(H,16,17)(H,18,19). The van der Waals surface area contributed by atoms with Crippen LogP contribution in [0.3, 0.4) is 0 Å². The highest BCUT2D eigenvalue weighted by Crippen LogP contribution is 2.24. The van der Waals surface area contributed by atoms with Crippen LogP contribution in [0, 0.1) is 13.8 Å². The maximum atomic E-state index is 11.2. The number of benzene rings is 1. The lowest BCUT2D eigenvalue weighted by Crippen LogP contribution is -2.07. The molecule has 4 N–H and O–H groups in total. The van der Waals surface area contributed by atoms with Gasteiger partial charge in [0.15, 0.2) is 0 Å². The minimum absolute atomic E-state index is 0.0564. The summed E-state index contributed by atoms with van der Waals surface area (Å²) in [5.74, 6) is -0.775. The summed E-state index contributed by atoms with van der Waals surface area (Å²) in [6.07, 6.45) is 1.43. The molecule has 0 saturated carbocycles. The van der Waals surface area contributed by atoms with Gasteiger partial charge in [0.05, 0.1) is 11.9 Å². The Balaban J connectivity index is 2.44. The molecule has 2 aromatic rings. The highest BCUT2D eigenvalue weighted by atomic mass is 16.4. The predicted octanol–water partition coefficient (Wildman–Crippen LogP) is 2.72. The van der Waals surface area contributed by atoms with E-state index in [9.17, 15) is 4.79 Å². The Kier molecular flexibility index (Phi) is 3.37. The maximum Gasteiger partial charge on any atom is 0.339 e. The number of hydrogen-bond donors (Lipinski definition) is 3. The zero-order valence-electron chi connectivity index (χ0n) is 10.8. The third-order valence-corrected chi connectivity index (χ3v) is 3.00. The quantitative estimate of drug-likeness (QED) is 0.786. The summed E-state index contributed by atoms with van der Waals surface area (Å²) < 4.78 is 0. The molecule has 19 heavy (non-hydrogen) atoms. The van der Waals surface area contributed by atoms with Crippen LogP contribution in [-0.4, -0.2) is 16.1 Å². The van der Waals surface area contributed by atoms with Crippen LogP contribution in [0.15, 0.2) is 30.5 Å². The zero-order valence-corrected chi connectivity index (χ0v) is 10.8. The molecule has 5 heteroatoms. The van der Waals surface area contributed by atoms with Gasteiger partial charge in [-0.3, -0.25) is 0 Å². The molecule has 0 fully saturated rings. The van der Waals surface area contributed by atoms with Crippen molar-refractivity contribution in [3.8, 4) is 0 Å². The smallest absolute Gasteiger partial charge is 0.339 e. The van der Waals surface area contributed by atoms with Crippen molar-refractivity contribution in [2.75, 3.05) is 11.1 Å². The summed E-state index contributed by atoms with van der Waals surface area (Å²) in [5, 5.41) is 12.2. The first-order valence-corrected chi connectivity index (χ1v) is 5.81. The summed E-state index contributed by atoms with van der Waals surface area (Å²) in [6.45, 7) is 3.96. The number of aryl methyl sites for hydroxylation is 1. The van der Waals surface area contributed by atoms with Gasteiger partial charge in [0.2, 0.25) is 0 Å². The number of carboxylic acids is 1. The van der Waals surface area contributed by atoms with Gasteiger partial charge in [0.25, 0.3) is 0 Å². The molecule has 0 saturated heterocycles. The molecule has 0 amide bonds. The summed E-state index contributed by atoms with van der Waals surface area (Å²) in [7, 11) is 0. The van der Waals surface area contributed by atoms with Crippen molar-refractivity contribution >= 4 is 23.2 Å². The Hall–Kier alpha value is -2.56. The number of aromatic carboxylic acids is 1. The van der Waals surface area contributed by atoms with Crippen LogP contribution in [0.1, 0.15) is 21.5 Å². The zero-order chi connectivity index (χ0) is 14.0. The number of nitrogens with one attached hydrogen (secondary N) is 1. The van der Waals surface area contributed by atoms with E-state index in [-0.39, 0.29) is 11.4 Å². The number of hydrogen-bond acceptors (Lipinski definition) is 4. The Morgan fingerprint density at radius 1 is 1.37 bits per heavy atom. The second kappa shape index (κ2) is 4.97. The molecule has 0 unspecified atom stereocenters. The highest BCUT2D eigenvalue weighted by Gasteiger charge is 2.13. The Bertz CT molecular complexity index is 639. The number of anilines is 3. The lowest BCUT2D eigenvalue weighted by molar-refractivity contribution is 0.0697. The molecule has 5 nitrogen and oxygen atoms in total. The van der Waals surface area contributed by atoms with Crippen molar-refractivity contribution in [2.24, 2.45) is 0 Å². The molecule has 0 atom stereocenters. The van der Waals surface area contributed by atoms with E-state index in [4.69, 9.17) is 10.8 Å². The first kappa shape index (κ1) is 12.9. The maximum absolute atomic E-state index is 11.2. The Labute approximate surface area is 111 Å².